The van der Waals surface area contributed by atoms with Gasteiger partial charge in [0, 0.05) is 31.0 Å². The predicted molar refractivity (Wildman–Crippen MR) is 114 cm³/mol. The number of carbonyl (C=O) groups is 2. The highest BCUT2D eigenvalue weighted by Gasteiger charge is 2.45. The lowest BCUT2D eigenvalue weighted by molar-refractivity contribution is -0.140. The van der Waals surface area contributed by atoms with Crippen molar-refractivity contribution in [3.63, 3.8) is 0 Å². The number of aromatic nitrogens is 1. The number of ketones is 1. The third-order valence-electron chi connectivity index (χ3n) is 4.93. The van der Waals surface area contributed by atoms with Crippen molar-refractivity contribution in [2.75, 3.05) is 33.8 Å². The number of hydrogen-bond donors (Lipinski definition) is 1. The minimum absolute atomic E-state index is 0.0778. The fraction of sp³-hybridized carbons (Fsp3) is 0.348. The zero-order valence-electron chi connectivity index (χ0n) is 17.5. The van der Waals surface area contributed by atoms with E-state index in [0.29, 0.717) is 36.6 Å². The number of ether oxygens (including phenoxy) is 1. The number of likely N-dealkylation sites (tertiary alicyclic amines) is 1. The summed E-state index contributed by atoms with van der Waals surface area (Å²) in [5.74, 6) is -0.818. The molecule has 0 bridgehead atoms. The summed E-state index contributed by atoms with van der Waals surface area (Å²) in [6.45, 7) is 3.57. The normalized spacial score (nSPS) is 18.3. The smallest absolute Gasteiger partial charge is 0.295 e. The largest absolute Gasteiger partial charge is 0.507 e. The lowest BCUT2D eigenvalue weighted by Gasteiger charge is -2.26. The third kappa shape index (κ3) is 4.52. The van der Waals surface area contributed by atoms with E-state index in [1.807, 2.05) is 25.9 Å². The van der Waals surface area contributed by atoms with E-state index >= 15 is 0 Å². The standard InChI is InChI=1S/C23H27N3O4/c1-4-14-30-18-9-7-16(8-10-18)21(27)19-20(17-6-5-11-24-15-17)26(13-12-25(2)3)23(29)22(19)28/h5-11,15,20,27H,4,12-14H2,1-3H3/t20-/m0/s1. The van der Waals surface area contributed by atoms with Crippen LogP contribution < -0.4 is 4.74 Å². The molecule has 1 aliphatic rings. The van der Waals surface area contributed by atoms with Crippen LogP contribution in [0.3, 0.4) is 0 Å². The number of aliphatic hydroxyl groups excluding tert-OH is 1. The van der Waals surface area contributed by atoms with E-state index in [1.165, 1.54) is 4.90 Å². The molecule has 7 heteroatoms. The molecule has 0 spiro atoms. The molecule has 30 heavy (non-hydrogen) atoms. The highest BCUT2D eigenvalue weighted by Crippen LogP contribution is 2.39. The van der Waals surface area contributed by atoms with E-state index < -0.39 is 17.7 Å². The van der Waals surface area contributed by atoms with E-state index in [1.54, 1.807) is 48.8 Å². The van der Waals surface area contributed by atoms with Crippen LogP contribution in [0.5, 0.6) is 5.75 Å². The molecule has 2 heterocycles. The first kappa shape index (κ1) is 21.5. The Morgan fingerprint density at radius 2 is 1.93 bits per heavy atom. The van der Waals surface area contributed by atoms with E-state index in [2.05, 4.69) is 4.98 Å². The van der Waals surface area contributed by atoms with Crippen molar-refractivity contribution in [3.8, 4) is 5.75 Å². The first-order valence-corrected chi connectivity index (χ1v) is 10.00. The van der Waals surface area contributed by atoms with Crippen LogP contribution in [-0.4, -0.2) is 65.4 Å². The van der Waals surface area contributed by atoms with Crippen molar-refractivity contribution < 1.29 is 19.4 Å². The van der Waals surface area contributed by atoms with Crippen LogP contribution in [-0.2, 0) is 9.59 Å². The fourth-order valence-corrected chi connectivity index (χ4v) is 3.39. The second-order valence-corrected chi connectivity index (χ2v) is 7.45. The van der Waals surface area contributed by atoms with Gasteiger partial charge >= 0.3 is 0 Å². The van der Waals surface area contributed by atoms with Crippen LogP contribution in [0.4, 0.5) is 0 Å². The Hall–Kier alpha value is -3.19. The van der Waals surface area contributed by atoms with Gasteiger partial charge in [0.25, 0.3) is 11.7 Å². The highest BCUT2D eigenvalue weighted by atomic mass is 16.5. The van der Waals surface area contributed by atoms with Gasteiger partial charge in [-0.05, 0) is 56.4 Å². The van der Waals surface area contributed by atoms with E-state index in [0.717, 1.165) is 6.42 Å². The maximum Gasteiger partial charge on any atom is 0.295 e. The first-order chi connectivity index (χ1) is 14.4. The molecule has 1 aromatic carbocycles. The minimum Gasteiger partial charge on any atom is -0.507 e. The molecule has 1 saturated heterocycles. The van der Waals surface area contributed by atoms with Gasteiger partial charge in [-0.1, -0.05) is 13.0 Å². The Morgan fingerprint density at radius 1 is 1.20 bits per heavy atom. The van der Waals surface area contributed by atoms with Crippen LogP contribution in [0.2, 0.25) is 0 Å². The summed E-state index contributed by atoms with van der Waals surface area (Å²) in [4.78, 5) is 33.3. The van der Waals surface area contributed by atoms with Crippen molar-refractivity contribution in [3.05, 3.63) is 65.5 Å². The number of aliphatic hydroxyl groups is 1. The number of nitrogens with zero attached hydrogens (tertiary/aromatic N) is 3. The Labute approximate surface area is 176 Å². The lowest BCUT2D eigenvalue weighted by Crippen LogP contribution is -2.35. The summed E-state index contributed by atoms with van der Waals surface area (Å²) in [5.41, 5.74) is 1.22. The molecule has 1 fully saturated rings. The number of Topliss-reactive ketones (excluding diaryl/α,β-unsaturated/α-hetero) is 1. The Morgan fingerprint density at radius 3 is 2.53 bits per heavy atom. The maximum atomic E-state index is 12.9. The number of likely N-dealkylation sites (N-methyl/N-ethyl adjacent to an activating group) is 1. The molecule has 1 atom stereocenters. The number of benzene rings is 1. The Balaban J connectivity index is 2.03. The molecule has 0 radical (unpaired) electrons. The molecule has 158 valence electrons. The molecule has 0 aliphatic carbocycles. The Kier molecular flexibility index (Phi) is 6.84. The number of rotatable bonds is 8. The minimum atomic E-state index is -0.689. The van der Waals surface area contributed by atoms with Crippen molar-refractivity contribution >= 4 is 17.4 Å². The molecule has 3 rings (SSSR count). The van der Waals surface area contributed by atoms with Crippen molar-refractivity contribution in [1.29, 1.82) is 0 Å². The van der Waals surface area contributed by atoms with Crippen LogP contribution in [0, 0.1) is 0 Å². The number of hydrogen-bond acceptors (Lipinski definition) is 6. The summed E-state index contributed by atoms with van der Waals surface area (Å²) >= 11 is 0. The monoisotopic (exact) mass is 409 g/mol. The molecular formula is C23H27N3O4. The quantitative estimate of drug-likeness (QED) is 0.410. The van der Waals surface area contributed by atoms with Gasteiger partial charge in [0.15, 0.2) is 0 Å². The van der Waals surface area contributed by atoms with Gasteiger partial charge in [-0.2, -0.15) is 0 Å². The second kappa shape index (κ2) is 9.54. The summed E-state index contributed by atoms with van der Waals surface area (Å²) in [5, 5.41) is 11.0. The van der Waals surface area contributed by atoms with Crippen LogP contribution in [0.25, 0.3) is 5.76 Å². The molecule has 0 saturated carbocycles. The van der Waals surface area contributed by atoms with E-state index in [-0.39, 0.29) is 11.3 Å². The van der Waals surface area contributed by atoms with Crippen molar-refractivity contribution in [2.24, 2.45) is 0 Å². The van der Waals surface area contributed by atoms with Gasteiger partial charge in [0.05, 0.1) is 18.2 Å². The summed E-state index contributed by atoms with van der Waals surface area (Å²) in [7, 11) is 3.80. The number of carbonyl (C=O) groups excluding carboxylic acids is 2. The molecule has 7 nitrogen and oxygen atoms in total. The van der Waals surface area contributed by atoms with Gasteiger partial charge in [-0.25, -0.2) is 0 Å². The summed E-state index contributed by atoms with van der Waals surface area (Å²) in [6, 6.07) is 9.73. The average Bonchev–Trinajstić information content (AvgIpc) is 3.01. The van der Waals surface area contributed by atoms with Gasteiger partial charge in [0.2, 0.25) is 0 Å². The molecule has 0 unspecified atom stereocenters. The zero-order chi connectivity index (χ0) is 21.7. The topological polar surface area (TPSA) is 83.0 Å². The third-order valence-corrected chi connectivity index (χ3v) is 4.93. The van der Waals surface area contributed by atoms with Gasteiger partial charge in [0.1, 0.15) is 11.5 Å². The van der Waals surface area contributed by atoms with Crippen LogP contribution in [0.1, 0.15) is 30.5 Å². The zero-order valence-corrected chi connectivity index (χ0v) is 17.5. The van der Waals surface area contributed by atoms with E-state index in [9.17, 15) is 14.7 Å². The number of amides is 1. The molecule has 1 aromatic heterocycles. The summed E-state index contributed by atoms with van der Waals surface area (Å²) in [6.07, 6.45) is 4.14. The molecular weight excluding hydrogens is 382 g/mol. The SMILES string of the molecule is CCCOc1ccc(C(O)=C2C(=O)C(=O)N(CCN(C)C)[C@H]2c2cccnc2)cc1. The van der Waals surface area contributed by atoms with Gasteiger partial charge < -0.3 is 19.6 Å². The van der Waals surface area contributed by atoms with Crippen LogP contribution in [0.15, 0.2) is 54.4 Å². The predicted octanol–water partition coefficient (Wildman–Crippen LogP) is 2.85. The first-order valence-electron chi connectivity index (χ1n) is 10.00. The highest BCUT2D eigenvalue weighted by molar-refractivity contribution is 6.46. The lowest BCUT2D eigenvalue weighted by atomic mass is 9.96. The fourth-order valence-electron chi connectivity index (χ4n) is 3.39. The average molecular weight is 409 g/mol. The molecule has 1 aliphatic heterocycles. The molecule has 2 aromatic rings. The Bertz CT molecular complexity index is 923. The van der Waals surface area contributed by atoms with Gasteiger partial charge in [-0.15, -0.1) is 0 Å². The maximum absolute atomic E-state index is 12.9. The van der Waals surface area contributed by atoms with Gasteiger partial charge in [-0.3, -0.25) is 14.6 Å². The van der Waals surface area contributed by atoms with Crippen molar-refractivity contribution in [2.45, 2.75) is 19.4 Å². The van der Waals surface area contributed by atoms with E-state index in [4.69, 9.17) is 4.74 Å². The number of pyridine rings is 1. The second-order valence-electron chi connectivity index (χ2n) is 7.45. The van der Waals surface area contributed by atoms with Crippen molar-refractivity contribution in [1.82, 2.24) is 14.8 Å². The molecule has 1 amide bonds. The molecule has 1 N–H and O–H groups in total. The summed E-state index contributed by atoms with van der Waals surface area (Å²) < 4.78 is 5.58. The van der Waals surface area contributed by atoms with Crippen LogP contribution >= 0.6 is 0 Å².